The van der Waals surface area contributed by atoms with E-state index in [1.165, 1.54) is 71.6 Å². The van der Waals surface area contributed by atoms with Crippen LogP contribution in [0.1, 0.15) is 25.0 Å². The lowest BCUT2D eigenvalue weighted by Gasteiger charge is -2.42. The number of hydrogen-bond acceptors (Lipinski definition) is 1. The van der Waals surface area contributed by atoms with Gasteiger partial charge < -0.3 is 4.90 Å². The van der Waals surface area contributed by atoms with E-state index in [-0.39, 0.29) is 5.41 Å². The lowest BCUT2D eigenvalue weighted by Crippen LogP contribution is -2.30. The molecular formula is C39H29N. The van der Waals surface area contributed by atoms with Crippen molar-refractivity contribution in [3.05, 3.63) is 151 Å². The van der Waals surface area contributed by atoms with E-state index in [0.717, 1.165) is 0 Å². The molecule has 0 spiro atoms. The Morgan fingerprint density at radius 2 is 0.900 bits per heavy atom. The summed E-state index contributed by atoms with van der Waals surface area (Å²) >= 11 is 0. The molecule has 0 aliphatic carbocycles. The van der Waals surface area contributed by atoms with Crippen molar-refractivity contribution in [2.45, 2.75) is 19.3 Å². The molecular weight excluding hydrogens is 482 g/mol. The molecule has 0 unspecified atom stereocenters. The average Bonchev–Trinajstić information content (AvgIpc) is 3.01. The van der Waals surface area contributed by atoms with Gasteiger partial charge >= 0.3 is 0 Å². The van der Waals surface area contributed by atoms with E-state index >= 15 is 0 Å². The number of anilines is 3. The first kappa shape index (κ1) is 23.0. The van der Waals surface area contributed by atoms with Crippen molar-refractivity contribution in [2.24, 2.45) is 0 Å². The number of fused-ring (bicyclic) bond motifs is 8. The summed E-state index contributed by atoms with van der Waals surface area (Å²) in [5.41, 5.74) is 8.74. The molecule has 0 amide bonds. The van der Waals surface area contributed by atoms with Crippen molar-refractivity contribution in [1.29, 1.82) is 0 Å². The highest BCUT2D eigenvalue weighted by Gasteiger charge is 2.36. The third kappa shape index (κ3) is 3.28. The highest BCUT2D eigenvalue weighted by molar-refractivity contribution is 6.25. The van der Waals surface area contributed by atoms with Crippen molar-refractivity contribution < 1.29 is 0 Å². The van der Waals surface area contributed by atoms with Crippen LogP contribution in [0.4, 0.5) is 17.1 Å². The third-order valence-electron chi connectivity index (χ3n) is 8.82. The molecule has 0 fully saturated rings. The molecule has 8 rings (SSSR count). The van der Waals surface area contributed by atoms with Crippen LogP contribution in [-0.2, 0) is 5.41 Å². The molecule has 0 radical (unpaired) electrons. The summed E-state index contributed by atoms with van der Waals surface area (Å²) < 4.78 is 0. The topological polar surface area (TPSA) is 3.24 Å². The lowest BCUT2D eigenvalue weighted by atomic mass is 9.73. The van der Waals surface area contributed by atoms with Crippen molar-refractivity contribution in [1.82, 2.24) is 0 Å². The number of benzene rings is 7. The van der Waals surface area contributed by atoms with E-state index < -0.39 is 0 Å². The SMILES string of the molecule is CC1(C)c2ccccc2N(c2ccccc2)c2ccc(-c3ccc4c5ccccc5c5ccccc5c4c3)cc21. The molecule has 0 saturated carbocycles. The molecule has 1 nitrogen and oxygen atoms in total. The van der Waals surface area contributed by atoms with Gasteiger partial charge in [0.2, 0.25) is 0 Å². The minimum absolute atomic E-state index is 0.132. The Bertz CT molecular complexity index is 2050. The Labute approximate surface area is 234 Å². The van der Waals surface area contributed by atoms with Crippen LogP contribution >= 0.6 is 0 Å². The van der Waals surface area contributed by atoms with E-state index in [4.69, 9.17) is 0 Å². The fourth-order valence-corrected chi connectivity index (χ4v) is 6.83. The van der Waals surface area contributed by atoms with E-state index in [1.54, 1.807) is 0 Å². The second kappa shape index (κ2) is 8.56. The van der Waals surface area contributed by atoms with E-state index in [0.29, 0.717) is 0 Å². The van der Waals surface area contributed by atoms with Crippen molar-refractivity contribution in [2.75, 3.05) is 4.90 Å². The smallest absolute Gasteiger partial charge is 0.0503 e. The van der Waals surface area contributed by atoms with Gasteiger partial charge in [0.1, 0.15) is 0 Å². The lowest BCUT2D eigenvalue weighted by molar-refractivity contribution is 0.632. The summed E-state index contributed by atoms with van der Waals surface area (Å²) in [4.78, 5) is 2.42. The molecule has 0 atom stereocenters. The first-order valence-corrected chi connectivity index (χ1v) is 14.0. The summed E-state index contributed by atoms with van der Waals surface area (Å²) in [6.07, 6.45) is 0. The summed E-state index contributed by atoms with van der Waals surface area (Å²) in [7, 11) is 0. The molecule has 0 bridgehead atoms. The van der Waals surface area contributed by atoms with Crippen LogP contribution < -0.4 is 4.90 Å². The first-order chi connectivity index (χ1) is 19.6. The van der Waals surface area contributed by atoms with Crippen LogP contribution in [0.5, 0.6) is 0 Å². The Kier molecular flexibility index (Phi) is 4.93. The van der Waals surface area contributed by atoms with Gasteiger partial charge in [0, 0.05) is 11.1 Å². The van der Waals surface area contributed by atoms with Crippen molar-refractivity contribution in [3.8, 4) is 11.1 Å². The van der Waals surface area contributed by atoms with Gasteiger partial charge in [-0.15, -0.1) is 0 Å². The zero-order valence-electron chi connectivity index (χ0n) is 22.7. The predicted molar refractivity (Wildman–Crippen MR) is 171 cm³/mol. The van der Waals surface area contributed by atoms with Crippen LogP contribution in [-0.4, -0.2) is 0 Å². The Morgan fingerprint density at radius 3 is 1.60 bits per heavy atom. The Balaban J connectivity index is 1.36. The van der Waals surface area contributed by atoms with Crippen LogP contribution in [0.25, 0.3) is 43.4 Å². The normalized spacial score (nSPS) is 13.9. The minimum atomic E-state index is -0.132. The quantitative estimate of drug-likeness (QED) is 0.209. The fourth-order valence-electron chi connectivity index (χ4n) is 6.83. The van der Waals surface area contributed by atoms with Crippen molar-refractivity contribution in [3.63, 3.8) is 0 Å². The van der Waals surface area contributed by atoms with Gasteiger partial charge in [0.25, 0.3) is 0 Å². The summed E-state index contributed by atoms with van der Waals surface area (Å²) in [6.45, 7) is 4.72. The van der Waals surface area contributed by atoms with Gasteiger partial charge in [-0.3, -0.25) is 0 Å². The van der Waals surface area contributed by atoms with E-state index in [9.17, 15) is 0 Å². The number of nitrogens with zero attached hydrogens (tertiary/aromatic N) is 1. The second-order valence-corrected chi connectivity index (χ2v) is 11.4. The first-order valence-electron chi connectivity index (χ1n) is 14.0. The van der Waals surface area contributed by atoms with Crippen LogP contribution in [0.15, 0.2) is 140 Å². The molecule has 0 aromatic heterocycles. The molecule has 40 heavy (non-hydrogen) atoms. The number of hydrogen-bond donors (Lipinski definition) is 0. The molecule has 1 aliphatic rings. The van der Waals surface area contributed by atoms with Gasteiger partial charge in [-0.25, -0.2) is 0 Å². The van der Waals surface area contributed by atoms with Gasteiger partial charge in [-0.2, -0.15) is 0 Å². The second-order valence-electron chi connectivity index (χ2n) is 11.4. The van der Waals surface area contributed by atoms with Crippen LogP contribution in [0, 0.1) is 0 Å². The summed E-state index contributed by atoms with van der Waals surface area (Å²) in [5, 5.41) is 7.85. The molecule has 0 N–H and O–H groups in total. The van der Waals surface area contributed by atoms with Gasteiger partial charge in [-0.1, -0.05) is 117 Å². The average molecular weight is 512 g/mol. The standard InChI is InChI=1S/C39H29N/c1-39(2)35-18-10-11-19-37(35)40(28-12-4-3-5-13-28)38-23-21-27(25-36(38)39)26-20-22-33-31-16-7-6-14-29(31)30-15-8-9-17-32(30)34(33)24-26/h3-25H,1-2H3. The monoisotopic (exact) mass is 511 g/mol. The largest absolute Gasteiger partial charge is 0.310 e. The molecule has 1 aliphatic heterocycles. The highest BCUT2D eigenvalue weighted by atomic mass is 15.2. The summed E-state index contributed by atoms with van der Waals surface area (Å²) in [5.74, 6) is 0. The molecule has 0 saturated heterocycles. The Hall–Kier alpha value is -4.88. The summed E-state index contributed by atoms with van der Waals surface area (Å²) in [6, 6.07) is 51.2. The van der Waals surface area contributed by atoms with E-state index in [2.05, 4.69) is 158 Å². The van der Waals surface area contributed by atoms with Gasteiger partial charge in [0.15, 0.2) is 0 Å². The minimum Gasteiger partial charge on any atom is -0.310 e. The maximum absolute atomic E-state index is 2.42. The molecule has 190 valence electrons. The number of rotatable bonds is 2. The van der Waals surface area contributed by atoms with Gasteiger partial charge in [-0.05, 0) is 91.0 Å². The highest BCUT2D eigenvalue weighted by Crippen LogP contribution is 2.52. The van der Waals surface area contributed by atoms with Gasteiger partial charge in [0.05, 0.1) is 11.4 Å². The number of para-hydroxylation sites is 2. The zero-order valence-corrected chi connectivity index (χ0v) is 22.7. The third-order valence-corrected chi connectivity index (χ3v) is 8.82. The maximum Gasteiger partial charge on any atom is 0.0503 e. The van der Waals surface area contributed by atoms with Crippen LogP contribution in [0.3, 0.4) is 0 Å². The molecule has 1 heterocycles. The molecule has 1 heteroatoms. The maximum atomic E-state index is 2.42. The van der Waals surface area contributed by atoms with E-state index in [1.807, 2.05) is 0 Å². The molecule has 7 aromatic carbocycles. The van der Waals surface area contributed by atoms with Crippen LogP contribution in [0.2, 0.25) is 0 Å². The zero-order chi connectivity index (χ0) is 26.8. The van der Waals surface area contributed by atoms with Crippen molar-refractivity contribution >= 4 is 49.4 Å². The fraction of sp³-hybridized carbons (Fsp3) is 0.0769. The predicted octanol–water partition coefficient (Wildman–Crippen LogP) is 10.9. The Morgan fingerprint density at radius 1 is 0.400 bits per heavy atom. The molecule has 7 aromatic rings.